The van der Waals surface area contributed by atoms with Crippen molar-refractivity contribution < 1.29 is 27.2 Å². The van der Waals surface area contributed by atoms with Crippen molar-refractivity contribution in [1.29, 1.82) is 0 Å². The predicted molar refractivity (Wildman–Crippen MR) is 67.8 cm³/mol. The summed E-state index contributed by atoms with van der Waals surface area (Å²) in [5, 5.41) is 9.75. The van der Waals surface area contributed by atoms with Gasteiger partial charge in [-0.2, -0.15) is 0 Å². The predicted octanol–water partition coefficient (Wildman–Crippen LogP) is 2.42. The summed E-state index contributed by atoms with van der Waals surface area (Å²) >= 11 is 0. The zero-order valence-corrected chi connectivity index (χ0v) is 10.2. The summed E-state index contributed by atoms with van der Waals surface area (Å²) in [5.41, 5.74) is 7.43. The molecule has 0 saturated heterocycles. The van der Waals surface area contributed by atoms with Crippen molar-refractivity contribution in [2.24, 2.45) is 5.73 Å². The highest BCUT2D eigenvalue weighted by atomic mass is 19.5. The molecule has 0 spiro atoms. The minimum Gasteiger partial charge on any atom is -0.480 e. The first-order valence-electron chi connectivity index (χ1n) is 5.59. The number of halogens is 4. The summed E-state index contributed by atoms with van der Waals surface area (Å²) in [5.74, 6) is -0.972. The quantitative estimate of drug-likeness (QED) is 0.600. The lowest BCUT2D eigenvalue weighted by Gasteiger charge is -2.04. The normalized spacial score (nSPS) is 12.7. The van der Waals surface area contributed by atoms with Gasteiger partial charge in [-0.25, -0.2) is 0 Å². The van der Waals surface area contributed by atoms with Crippen LogP contribution in [0.2, 0.25) is 0 Å². The Labute approximate surface area is 111 Å². The standard InChI is InChI=1S/C11H12N2O2.BF4/c12-9(11(14)15)5-7-6-13-10-4-2-1-3-8(7)10;2-1(3,4)5/h1-4,6,9,13H,5,12H2,(H,14,15);/q;-1. The second kappa shape index (κ2) is 6.42. The van der Waals surface area contributed by atoms with E-state index >= 15 is 0 Å². The van der Waals surface area contributed by atoms with Crippen LogP contribution in [-0.2, 0) is 11.2 Å². The number of carboxylic acid groups (broad SMARTS) is 1. The molecule has 0 aliphatic heterocycles. The van der Waals surface area contributed by atoms with Gasteiger partial charge in [-0.15, -0.1) is 0 Å². The largest absolute Gasteiger partial charge is 0.673 e. The average molecular weight is 291 g/mol. The molecule has 4 N–H and O–H groups in total. The highest BCUT2D eigenvalue weighted by Gasteiger charge is 2.20. The van der Waals surface area contributed by atoms with E-state index in [2.05, 4.69) is 4.98 Å². The van der Waals surface area contributed by atoms with Gasteiger partial charge in [0.1, 0.15) is 6.04 Å². The molecule has 4 nitrogen and oxygen atoms in total. The second-order valence-electron chi connectivity index (χ2n) is 4.00. The molecular formula is C11H12BF4N2O2-. The Balaban J connectivity index is 0.000000347. The topological polar surface area (TPSA) is 79.1 Å². The summed E-state index contributed by atoms with van der Waals surface area (Å²) in [6.45, 7) is 0. The SMILES string of the molecule is F[B-](F)(F)F.NC(Cc1c[nH]c2ccccc12)C(=O)O. The summed E-state index contributed by atoms with van der Waals surface area (Å²) in [6.07, 6.45) is 2.16. The van der Waals surface area contributed by atoms with Gasteiger partial charge in [0.15, 0.2) is 0 Å². The van der Waals surface area contributed by atoms with E-state index in [4.69, 9.17) is 10.8 Å². The van der Waals surface area contributed by atoms with Gasteiger partial charge in [0.05, 0.1) is 0 Å². The van der Waals surface area contributed by atoms with E-state index in [1.165, 1.54) is 0 Å². The van der Waals surface area contributed by atoms with Gasteiger partial charge < -0.3 is 33.1 Å². The number of aliphatic carboxylic acids is 1. The maximum atomic E-state index is 10.6. The van der Waals surface area contributed by atoms with Crippen LogP contribution in [0, 0.1) is 0 Å². The van der Waals surface area contributed by atoms with Gasteiger partial charge in [0.2, 0.25) is 0 Å². The van der Waals surface area contributed by atoms with Gasteiger partial charge in [0, 0.05) is 23.5 Å². The molecule has 0 amide bonds. The molecule has 1 aromatic heterocycles. The van der Waals surface area contributed by atoms with Crippen LogP contribution in [0.15, 0.2) is 30.5 Å². The molecular weight excluding hydrogens is 279 g/mol. The first-order chi connectivity index (χ1) is 9.18. The Morgan fingerprint density at radius 2 is 1.85 bits per heavy atom. The molecule has 1 unspecified atom stereocenters. The Morgan fingerprint density at radius 1 is 1.30 bits per heavy atom. The molecule has 2 rings (SSSR count). The molecule has 1 heterocycles. The highest BCUT2D eigenvalue weighted by molar-refractivity contribution is 6.50. The van der Waals surface area contributed by atoms with Crippen LogP contribution in [-0.4, -0.2) is 29.4 Å². The number of hydrogen-bond donors (Lipinski definition) is 3. The molecule has 0 aliphatic rings. The van der Waals surface area contributed by atoms with Crippen molar-refractivity contribution in [3.05, 3.63) is 36.0 Å². The van der Waals surface area contributed by atoms with Crippen molar-refractivity contribution in [3.63, 3.8) is 0 Å². The van der Waals surface area contributed by atoms with Crippen molar-refractivity contribution in [2.45, 2.75) is 12.5 Å². The molecule has 0 saturated carbocycles. The molecule has 1 atom stereocenters. The third-order valence-electron chi connectivity index (χ3n) is 2.43. The third kappa shape index (κ3) is 5.31. The fourth-order valence-corrected chi connectivity index (χ4v) is 1.62. The number of fused-ring (bicyclic) bond motifs is 1. The van der Waals surface area contributed by atoms with Crippen LogP contribution < -0.4 is 5.73 Å². The van der Waals surface area contributed by atoms with E-state index in [1.54, 1.807) is 0 Å². The molecule has 0 aliphatic carbocycles. The lowest BCUT2D eigenvalue weighted by molar-refractivity contribution is -0.138. The molecule has 0 bridgehead atoms. The van der Waals surface area contributed by atoms with Gasteiger partial charge in [0.25, 0.3) is 0 Å². The second-order valence-corrected chi connectivity index (χ2v) is 4.00. The third-order valence-corrected chi connectivity index (χ3v) is 2.43. The fourth-order valence-electron chi connectivity index (χ4n) is 1.62. The number of nitrogens with two attached hydrogens (primary N) is 1. The van der Waals surface area contributed by atoms with E-state index in [1.807, 2.05) is 30.5 Å². The molecule has 20 heavy (non-hydrogen) atoms. The monoisotopic (exact) mass is 291 g/mol. The summed E-state index contributed by atoms with van der Waals surface area (Å²) in [7, 11) is -6.00. The van der Waals surface area contributed by atoms with Crippen LogP contribution in [0.4, 0.5) is 17.3 Å². The van der Waals surface area contributed by atoms with E-state index in [0.717, 1.165) is 16.5 Å². The number of para-hydroxylation sites is 1. The number of H-pyrrole nitrogens is 1. The van der Waals surface area contributed by atoms with Crippen molar-refractivity contribution in [1.82, 2.24) is 4.98 Å². The van der Waals surface area contributed by atoms with Crippen molar-refractivity contribution >= 4 is 24.1 Å². The lowest BCUT2D eigenvalue weighted by atomic mass is 10.1. The number of carboxylic acids is 1. The summed E-state index contributed by atoms with van der Waals surface area (Å²) in [6, 6.07) is 6.91. The Morgan fingerprint density at radius 3 is 2.40 bits per heavy atom. The van der Waals surface area contributed by atoms with Gasteiger partial charge in [-0.3, -0.25) is 4.79 Å². The number of rotatable bonds is 3. The maximum Gasteiger partial charge on any atom is 0.673 e. The molecule has 9 heteroatoms. The van der Waals surface area contributed by atoms with E-state index in [0.29, 0.717) is 6.42 Å². The van der Waals surface area contributed by atoms with E-state index in [-0.39, 0.29) is 0 Å². The van der Waals surface area contributed by atoms with E-state index < -0.39 is 19.3 Å². The number of benzene rings is 1. The van der Waals surface area contributed by atoms with Crippen LogP contribution in [0.1, 0.15) is 5.56 Å². The molecule has 1 aromatic carbocycles. The number of aromatic nitrogens is 1. The zero-order valence-electron chi connectivity index (χ0n) is 10.2. The number of carbonyl (C=O) groups is 1. The first-order valence-corrected chi connectivity index (χ1v) is 5.59. The van der Waals surface area contributed by atoms with Crippen LogP contribution in [0.3, 0.4) is 0 Å². The summed E-state index contributed by atoms with van der Waals surface area (Å²) < 4.78 is 39.0. The number of hydrogen-bond acceptors (Lipinski definition) is 2. The smallest absolute Gasteiger partial charge is 0.480 e. The van der Waals surface area contributed by atoms with Gasteiger partial charge in [-0.1, -0.05) is 18.2 Å². The highest BCUT2D eigenvalue weighted by Crippen LogP contribution is 2.18. The Bertz CT molecular complexity index is 579. The van der Waals surface area contributed by atoms with Crippen molar-refractivity contribution in [3.8, 4) is 0 Å². The Hall–Kier alpha value is -2.03. The van der Waals surface area contributed by atoms with Gasteiger partial charge >= 0.3 is 13.2 Å². The number of aromatic amines is 1. The molecule has 0 fully saturated rings. The molecule has 110 valence electrons. The summed E-state index contributed by atoms with van der Waals surface area (Å²) in [4.78, 5) is 13.7. The lowest BCUT2D eigenvalue weighted by Crippen LogP contribution is -2.32. The minimum atomic E-state index is -6.00. The minimum absolute atomic E-state index is 0.347. The Kier molecular flexibility index (Phi) is 5.15. The van der Waals surface area contributed by atoms with Crippen LogP contribution in [0.5, 0.6) is 0 Å². The average Bonchev–Trinajstić information content (AvgIpc) is 2.70. The molecule has 2 aromatic rings. The molecule has 0 radical (unpaired) electrons. The van der Waals surface area contributed by atoms with Crippen LogP contribution in [0.25, 0.3) is 10.9 Å². The maximum absolute atomic E-state index is 10.6. The van der Waals surface area contributed by atoms with Crippen LogP contribution >= 0.6 is 0 Å². The van der Waals surface area contributed by atoms with Gasteiger partial charge in [-0.05, 0) is 11.6 Å². The zero-order chi connectivity index (χ0) is 15.3. The first kappa shape index (κ1) is 16.0. The van der Waals surface area contributed by atoms with Crippen molar-refractivity contribution in [2.75, 3.05) is 0 Å². The fraction of sp³-hybridized carbons (Fsp3) is 0.182. The van der Waals surface area contributed by atoms with E-state index in [9.17, 15) is 22.1 Å². The number of nitrogens with one attached hydrogen (secondary N) is 1.